The van der Waals surface area contributed by atoms with Crippen LogP contribution in [0, 0.1) is 17.8 Å². The lowest BCUT2D eigenvalue weighted by molar-refractivity contribution is 0.0364. The summed E-state index contributed by atoms with van der Waals surface area (Å²) in [5.41, 5.74) is 0.700. The molecule has 4 rings (SSSR count). The molecule has 0 N–H and O–H groups in total. The molecule has 6 nitrogen and oxygen atoms in total. The molecule has 0 amide bonds. The highest BCUT2D eigenvalue weighted by atomic mass is 19.3. The number of pyridine rings is 1. The maximum atomic E-state index is 15.0. The van der Waals surface area contributed by atoms with Gasteiger partial charge in [0, 0.05) is 48.6 Å². The summed E-state index contributed by atoms with van der Waals surface area (Å²) >= 11 is 0. The van der Waals surface area contributed by atoms with Gasteiger partial charge in [-0.15, -0.1) is 0 Å². The lowest BCUT2D eigenvalue weighted by Crippen LogP contribution is -2.26. The fourth-order valence-corrected chi connectivity index (χ4v) is 6.37. The molecule has 1 aromatic heterocycles. The van der Waals surface area contributed by atoms with Crippen LogP contribution in [0.2, 0.25) is 0 Å². The van der Waals surface area contributed by atoms with Crippen LogP contribution >= 0.6 is 0 Å². The van der Waals surface area contributed by atoms with Crippen LogP contribution in [0.25, 0.3) is 0 Å². The minimum atomic E-state index is -3.39. The number of benzene rings is 1. The molecule has 1 saturated carbocycles. The van der Waals surface area contributed by atoms with E-state index in [2.05, 4.69) is 42.3 Å². The number of ketones is 2. The maximum Gasteiger partial charge on any atom is 0.294 e. The van der Waals surface area contributed by atoms with E-state index in [1.165, 1.54) is 20.0 Å². The number of carbonyl (C=O) groups is 2. The zero-order chi connectivity index (χ0) is 30.6. The molecule has 1 aliphatic carbocycles. The third kappa shape index (κ3) is 6.74. The van der Waals surface area contributed by atoms with Crippen molar-refractivity contribution in [2.24, 2.45) is 27.7 Å². The van der Waals surface area contributed by atoms with Gasteiger partial charge in [0.1, 0.15) is 6.10 Å². The largest absolute Gasteiger partial charge is 0.474 e. The fraction of sp³-hybridized carbons (Fsp3) is 0.500. The number of Topliss-reactive ketones (excluding diaryl/α,β-unsaturated/α-hetero) is 2. The van der Waals surface area contributed by atoms with Crippen molar-refractivity contribution in [3.63, 3.8) is 0 Å². The molecular weight excluding hydrogens is 536 g/mol. The number of halogens is 2. The van der Waals surface area contributed by atoms with Gasteiger partial charge in [0.25, 0.3) is 5.92 Å². The normalized spacial score (nSPS) is 26.3. The number of hydrogen-bond acceptors (Lipinski definition) is 6. The first-order valence-electron chi connectivity index (χ1n) is 14.8. The van der Waals surface area contributed by atoms with Gasteiger partial charge in [-0.05, 0) is 75.0 Å². The first kappa shape index (κ1) is 31.4. The summed E-state index contributed by atoms with van der Waals surface area (Å²) in [4.78, 5) is 39.5. The molecule has 42 heavy (non-hydrogen) atoms. The van der Waals surface area contributed by atoms with Crippen molar-refractivity contribution in [2.75, 3.05) is 6.54 Å². The predicted molar refractivity (Wildman–Crippen MR) is 162 cm³/mol. The van der Waals surface area contributed by atoms with Crippen molar-refractivity contribution in [1.29, 1.82) is 0 Å². The molecule has 1 fully saturated rings. The predicted octanol–water partition coefficient (Wildman–Crippen LogP) is 7.67. The van der Waals surface area contributed by atoms with Gasteiger partial charge in [0.15, 0.2) is 11.6 Å². The molecule has 0 saturated heterocycles. The highest BCUT2D eigenvalue weighted by Gasteiger charge is 2.39. The summed E-state index contributed by atoms with van der Waals surface area (Å²) in [5.74, 6) is -3.39. The second kappa shape index (κ2) is 13.2. The van der Waals surface area contributed by atoms with E-state index in [1.54, 1.807) is 12.4 Å². The van der Waals surface area contributed by atoms with Gasteiger partial charge in [-0.25, -0.2) is 4.98 Å². The van der Waals surface area contributed by atoms with E-state index >= 15 is 0 Å². The minimum absolute atomic E-state index is 0.0115. The first-order chi connectivity index (χ1) is 19.9. The van der Waals surface area contributed by atoms with E-state index in [0.717, 1.165) is 23.6 Å². The minimum Gasteiger partial charge on any atom is -0.474 e. The molecule has 0 bridgehead atoms. The highest BCUT2D eigenvalue weighted by Crippen LogP contribution is 2.41. The van der Waals surface area contributed by atoms with Gasteiger partial charge in [-0.2, -0.15) is 8.78 Å². The van der Waals surface area contributed by atoms with Gasteiger partial charge >= 0.3 is 0 Å². The number of ether oxygens (including phenoxy) is 1. The average molecular weight is 578 g/mol. The van der Waals surface area contributed by atoms with E-state index in [9.17, 15) is 18.4 Å². The Morgan fingerprint density at radius 3 is 2.50 bits per heavy atom. The summed E-state index contributed by atoms with van der Waals surface area (Å²) in [5, 5.41) is 0. The Balaban J connectivity index is 1.53. The van der Waals surface area contributed by atoms with E-state index < -0.39 is 17.3 Å². The molecule has 6 atom stereocenters. The van der Waals surface area contributed by atoms with Crippen molar-refractivity contribution in [3.05, 3.63) is 70.9 Å². The van der Waals surface area contributed by atoms with Crippen molar-refractivity contribution < 1.29 is 23.1 Å². The Labute approximate surface area is 247 Å². The van der Waals surface area contributed by atoms with Crippen molar-refractivity contribution in [1.82, 2.24) is 4.98 Å². The van der Waals surface area contributed by atoms with Gasteiger partial charge in [-0.3, -0.25) is 19.6 Å². The molecule has 224 valence electrons. The lowest BCUT2D eigenvalue weighted by atomic mass is 9.77. The molecule has 0 spiro atoms. The average Bonchev–Trinajstić information content (AvgIpc) is 3.24. The van der Waals surface area contributed by atoms with Gasteiger partial charge in [0.2, 0.25) is 5.88 Å². The van der Waals surface area contributed by atoms with Gasteiger partial charge in [0.05, 0.1) is 11.6 Å². The number of allylic oxidation sites excluding steroid dienone is 1. The third-order valence-electron chi connectivity index (χ3n) is 8.92. The van der Waals surface area contributed by atoms with Gasteiger partial charge in [-0.1, -0.05) is 44.7 Å². The van der Waals surface area contributed by atoms with Crippen LogP contribution in [0.4, 0.5) is 8.78 Å². The number of aromatic nitrogens is 1. The van der Waals surface area contributed by atoms with Crippen LogP contribution in [0.3, 0.4) is 0 Å². The second-order valence-electron chi connectivity index (χ2n) is 12.0. The number of carbonyl (C=O) groups excluding carboxylic acids is 2. The van der Waals surface area contributed by atoms with Crippen molar-refractivity contribution >= 4 is 24.0 Å². The number of nitrogens with zero attached hydrogens (tertiary/aromatic N) is 3. The zero-order valence-electron chi connectivity index (χ0n) is 25.1. The molecule has 6 unspecified atom stereocenters. The van der Waals surface area contributed by atoms with E-state index in [-0.39, 0.29) is 58.6 Å². The smallest absolute Gasteiger partial charge is 0.294 e. The van der Waals surface area contributed by atoms with Crippen molar-refractivity contribution in [2.45, 2.75) is 84.3 Å². The SMILES string of the molecule is C=C(C)C(F)(F)c1ccnc(OC2CCC(C)C(CC(=O)c3ccccc3C3CN=CC=NC3C)C(C)C2)c1C(C)=O. The molecule has 1 aliphatic heterocycles. The summed E-state index contributed by atoms with van der Waals surface area (Å²) in [7, 11) is 0. The highest BCUT2D eigenvalue weighted by molar-refractivity contribution is 6.16. The lowest BCUT2D eigenvalue weighted by Gasteiger charge is -2.28. The Morgan fingerprint density at radius 2 is 1.79 bits per heavy atom. The first-order valence-corrected chi connectivity index (χ1v) is 14.8. The molecule has 2 aliphatic rings. The third-order valence-corrected chi connectivity index (χ3v) is 8.92. The van der Waals surface area contributed by atoms with Crippen LogP contribution in [0.5, 0.6) is 5.88 Å². The summed E-state index contributed by atoms with van der Waals surface area (Å²) < 4.78 is 36.1. The summed E-state index contributed by atoms with van der Waals surface area (Å²) in [6.07, 6.45) is 6.85. The Kier molecular flexibility index (Phi) is 9.85. The summed E-state index contributed by atoms with van der Waals surface area (Å²) in [6.45, 7) is 12.8. The number of rotatable bonds is 9. The Morgan fingerprint density at radius 1 is 1.05 bits per heavy atom. The zero-order valence-corrected chi connectivity index (χ0v) is 25.1. The summed E-state index contributed by atoms with van der Waals surface area (Å²) in [6, 6.07) is 8.95. The van der Waals surface area contributed by atoms with Crippen LogP contribution in [-0.4, -0.2) is 47.7 Å². The van der Waals surface area contributed by atoms with E-state index in [1.807, 2.05) is 24.3 Å². The molecular formula is C34H41F2N3O3. The maximum absolute atomic E-state index is 15.0. The number of alkyl halides is 2. The molecule has 2 heterocycles. The van der Waals surface area contributed by atoms with E-state index in [4.69, 9.17) is 4.74 Å². The standard InChI is InChI=1S/C34H41F2N3O3/c1-20(2)34(35,36)30-13-14-39-33(32(30)24(6)40)42-25-12-11-21(3)28(22(4)17-25)18-31(41)27-10-8-7-9-26(27)29-19-37-15-16-38-23(29)5/h7-10,13-16,21-23,25,28-29H,1,11-12,17-19H2,2-6H3. The molecule has 0 radical (unpaired) electrons. The van der Waals surface area contributed by atoms with Crippen LogP contribution in [0.15, 0.2) is 58.7 Å². The van der Waals surface area contributed by atoms with Crippen LogP contribution in [-0.2, 0) is 5.92 Å². The quantitative estimate of drug-likeness (QED) is 0.174. The molecule has 2 aromatic rings. The topological polar surface area (TPSA) is 81.0 Å². The Bertz CT molecular complexity index is 1390. The molecule has 1 aromatic carbocycles. The number of hydrogen-bond donors (Lipinski definition) is 0. The molecule has 8 heteroatoms. The fourth-order valence-electron chi connectivity index (χ4n) is 6.37. The monoisotopic (exact) mass is 577 g/mol. The number of aliphatic imine (C=N–C) groups is 2. The van der Waals surface area contributed by atoms with Crippen LogP contribution < -0.4 is 4.74 Å². The van der Waals surface area contributed by atoms with Crippen LogP contribution in [0.1, 0.15) is 98.1 Å². The van der Waals surface area contributed by atoms with E-state index in [0.29, 0.717) is 25.8 Å². The van der Waals surface area contributed by atoms with Gasteiger partial charge < -0.3 is 4.74 Å². The van der Waals surface area contributed by atoms with Crippen molar-refractivity contribution in [3.8, 4) is 5.88 Å². The Hall–Kier alpha value is -3.55. The second-order valence-corrected chi connectivity index (χ2v) is 12.0.